The molecule has 8 heteroatoms. The molecule has 29 heavy (non-hydrogen) atoms. The Bertz CT molecular complexity index is 824. The van der Waals surface area contributed by atoms with Gasteiger partial charge in [-0.3, -0.25) is 4.79 Å². The lowest BCUT2D eigenvalue weighted by Gasteiger charge is -2.21. The van der Waals surface area contributed by atoms with Crippen LogP contribution in [-0.2, 0) is 13.0 Å². The number of benzene rings is 1. The van der Waals surface area contributed by atoms with E-state index in [1.165, 1.54) is 25.7 Å². The van der Waals surface area contributed by atoms with Gasteiger partial charge in [0.2, 0.25) is 0 Å². The lowest BCUT2D eigenvalue weighted by molar-refractivity contribution is 0.102. The van der Waals surface area contributed by atoms with Gasteiger partial charge in [0.05, 0.1) is 11.3 Å². The van der Waals surface area contributed by atoms with E-state index in [9.17, 15) is 9.18 Å². The number of carbonyl (C=O) groups excluding carboxylic acids is 1. The largest absolute Gasteiger partial charge is 0.357 e. The van der Waals surface area contributed by atoms with Crippen molar-refractivity contribution in [2.75, 3.05) is 29.9 Å². The van der Waals surface area contributed by atoms with Crippen molar-refractivity contribution in [3.8, 4) is 0 Å². The van der Waals surface area contributed by atoms with Crippen LogP contribution in [0, 0.1) is 5.82 Å². The van der Waals surface area contributed by atoms with E-state index in [-0.39, 0.29) is 42.2 Å². The highest BCUT2D eigenvalue weighted by Gasteiger charge is 2.18. The molecule has 0 bridgehead atoms. The minimum absolute atomic E-state index is 0. The van der Waals surface area contributed by atoms with Gasteiger partial charge >= 0.3 is 0 Å². The molecule has 1 saturated heterocycles. The number of amides is 1. The van der Waals surface area contributed by atoms with Crippen molar-refractivity contribution < 1.29 is 9.18 Å². The summed E-state index contributed by atoms with van der Waals surface area (Å²) in [5.74, 6) is 0.245. The van der Waals surface area contributed by atoms with E-state index in [2.05, 4.69) is 20.5 Å². The van der Waals surface area contributed by atoms with Crippen molar-refractivity contribution in [3.63, 3.8) is 0 Å². The molecule has 2 N–H and O–H groups in total. The average Bonchev–Trinajstić information content (AvgIpc) is 3.00. The minimum Gasteiger partial charge on any atom is -0.357 e. The Morgan fingerprint density at radius 2 is 1.83 bits per heavy atom. The molecule has 1 aromatic carbocycles. The number of pyridine rings is 1. The topological polar surface area (TPSA) is 57.3 Å². The number of fused-ring (bicyclic) bond motifs is 1. The second kappa shape index (κ2) is 10.8. The highest BCUT2D eigenvalue weighted by Crippen LogP contribution is 2.25. The molecule has 0 spiro atoms. The predicted octanol–water partition coefficient (Wildman–Crippen LogP) is 4.34. The zero-order valence-corrected chi connectivity index (χ0v) is 17.9. The van der Waals surface area contributed by atoms with Gasteiger partial charge in [-0.2, -0.15) is 0 Å². The molecule has 4 rings (SSSR count). The van der Waals surface area contributed by atoms with Gasteiger partial charge < -0.3 is 15.5 Å². The summed E-state index contributed by atoms with van der Waals surface area (Å²) >= 11 is 0. The Balaban J connectivity index is 0.00000150. The highest BCUT2D eigenvalue weighted by molar-refractivity contribution is 6.04. The monoisotopic (exact) mass is 440 g/mol. The Labute approximate surface area is 183 Å². The molecule has 0 saturated carbocycles. The molecule has 1 fully saturated rings. The molecule has 2 aliphatic rings. The normalized spacial score (nSPS) is 16.0. The second-order valence-corrected chi connectivity index (χ2v) is 7.25. The van der Waals surface area contributed by atoms with Crippen LogP contribution in [0.5, 0.6) is 0 Å². The van der Waals surface area contributed by atoms with Crippen LogP contribution in [0.15, 0.2) is 30.5 Å². The van der Waals surface area contributed by atoms with E-state index in [4.69, 9.17) is 0 Å². The van der Waals surface area contributed by atoms with Crippen molar-refractivity contribution in [1.82, 2.24) is 10.3 Å². The first-order valence-electron chi connectivity index (χ1n) is 9.76. The number of hydrogen-bond donors (Lipinski definition) is 2. The van der Waals surface area contributed by atoms with Crippen LogP contribution in [-0.4, -0.2) is 30.5 Å². The first kappa shape index (κ1) is 23.4. The number of carbonyl (C=O) groups is 1. The van der Waals surface area contributed by atoms with E-state index >= 15 is 0 Å². The number of rotatable bonds is 3. The number of nitrogens with one attached hydrogen (secondary N) is 2. The summed E-state index contributed by atoms with van der Waals surface area (Å²) in [6.07, 6.45) is 7.10. The summed E-state index contributed by atoms with van der Waals surface area (Å²) in [7, 11) is 0. The minimum atomic E-state index is -0.335. The fourth-order valence-electron chi connectivity index (χ4n) is 3.83. The van der Waals surface area contributed by atoms with Crippen molar-refractivity contribution in [1.29, 1.82) is 0 Å². The lowest BCUT2D eigenvalue weighted by Crippen LogP contribution is -2.25. The molecule has 0 atom stereocenters. The lowest BCUT2D eigenvalue weighted by atomic mass is 9.99. The van der Waals surface area contributed by atoms with E-state index < -0.39 is 0 Å². The maximum atomic E-state index is 14.7. The van der Waals surface area contributed by atoms with E-state index in [0.717, 1.165) is 31.0 Å². The maximum absolute atomic E-state index is 14.7. The summed E-state index contributed by atoms with van der Waals surface area (Å²) in [4.78, 5) is 19.3. The number of hydrogen-bond acceptors (Lipinski definition) is 4. The third kappa shape index (κ3) is 5.38. The van der Waals surface area contributed by atoms with Crippen molar-refractivity contribution in [2.24, 2.45) is 0 Å². The van der Waals surface area contributed by atoms with Gasteiger partial charge in [-0.05, 0) is 55.1 Å². The van der Waals surface area contributed by atoms with Crippen LogP contribution in [0.3, 0.4) is 0 Å². The zero-order valence-electron chi connectivity index (χ0n) is 16.2. The van der Waals surface area contributed by atoms with Crippen LogP contribution in [0.25, 0.3) is 0 Å². The summed E-state index contributed by atoms with van der Waals surface area (Å²) < 4.78 is 14.7. The van der Waals surface area contributed by atoms with Gasteiger partial charge in [-0.1, -0.05) is 18.9 Å². The highest BCUT2D eigenvalue weighted by atomic mass is 35.5. The number of halogens is 3. The molecule has 3 heterocycles. The number of aromatic nitrogens is 1. The molecule has 0 unspecified atom stereocenters. The first-order chi connectivity index (χ1) is 13.2. The van der Waals surface area contributed by atoms with Gasteiger partial charge in [-0.15, -0.1) is 24.8 Å². The van der Waals surface area contributed by atoms with Crippen LogP contribution in [0.4, 0.5) is 15.9 Å². The molecule has 2 aliphatic heterocycles. The van der Waals surface area contributed by atoms with Crippen LogP contribution < -0.4 is 15.5 Å². The zero-order chi connectivity index (χ0) is 18.6. The molecule has 0 radical (unpaired) electrons. The number of anilines is 2. The Kier molecular flexibility index (Phi) is 8.68. The van der Waals surface area contributed by atoms with Crippen LogP contribution >= 0.6 is 24.8 Å². The smallest absolute Gasteiger partial charge is 0.257 e. The fraction of sp³-hybridized carbons (Fsp3) is 0.429. The summed E-state index contributed by atoms with van der Waals surface area (Å²) in [5, 5.41) is 5.92. The first-order valence-corrected chi connectivity index (χ1v) is 9.76. The SMILES string of the molecule is Cl.Cl.O=C(Nc1ccc2c(c1F)CCNC2)c1ccc(N2CCCCCC2)nc1. The van der Waals surface area contributed by atoms with Crippen molar-refractivity contribution >= 4 is 42.2 Å². The standard InChI is InChI=1S/C21H25FN4O.2ClH/c22-20-17-9-10-23-13-15(17)5-7-18(20)25-21(27)16-6-8-19(24-14-16)26-11-3-1-2-4-12-26;;/h5-8,14,23H,1-4,9-13H2,(H,25,27);2*1H. The van der Waals surface area contributed by atoms with Crippen LogP contribution in [0.2, 0.25) is 0 Å². The Morgan fingerprint density at radius 1 is 1.07 bits per heavy atom. The van der Waals surface area contributed by atoms with Gasteiger partial charge in [0, 0.05) is 25.8 Å². The van der Waals surface area contributed by atoms with Gasteiger partial charge in [0.1, 0.15) is 11.6 Å². The summed E-state index contributed by atoms with van der Waals surface area (Å²) in [6, 6.07) is 7.16. The van der Waals surface area contributed by atoms with Crippen LogP contribution in [0.1, 0.15) is 47.2 Å². The molecule has 1 aromatic heterocycles. The molecule has 1 amide bonds. The summed E-state index contributed by atoms with van der Waals surface area (Å²) in [6.45, 7) is 3.44. The van der Waals surface area contributed by atoms with Gasteiger partial charge in [0.25, 0.3) is 5.91 Å². The fourth-order valence-corrected chi connectivity index (χ4v) is 3.83. The second-order valence-electron chi connectivity index (χ2n) is 7.25. The quantitative estimate of drug-likeness (QED) is 0.744. The molecule has 158 valence electrons. The molecule has 2 aromatic rings. The Morgan fingerprint density at radius 3 is 2.52 bits per heavy atom. The predicted molar refractivity (Wildman–Crippen MR) is 119 cm³/mol. The molecular weight excluding hydrogens is 414 g/mol. The molecular formula is C21H27Cl2FN4O. The third-order valence-corrected chi connectivity index (χ3v) is 5.40. The summed E-state index contributed by atoms with van der Waals surface area (Å²) in [5.41, 5.74) is 2.33. The third-order valence-electron chi connectivity index (χ3n) is 5.40. The van der Waals surface area contributed by atoms with Gasteiger partial charge in [0.15, 0.2) is 0 Å². The average molecular weight is 441 g/mol. The molecule has 0 aliphatic carbocycles. The maximum Gasteiger partial charge on any atom is 0.257 e. The Hall–Kier alpha value is -1.89. The van der Waals surface area contributed by atoms with Gasteiger partial charge in [-0.25, -0.2) is 9.37 Å². The van der Waals surface area contributed by atoms with Crippen molar-refractivity contribution in [3.05, 3.63) is 53.0 Å². The van der Waals surface area contributed by atoms with Crippen molar-refractivity contribution in [2.45, 2.75) is 38.6 Å². The van der Waals surface area contributed by atoms with E-state index in [1.54, 1.807) is 18.3 Å². The van der Waals surface area contributed by atoms with E-state index in [1.807, 2.05) is 12.1 Å². The molecule has 5 nitrogen and oxygen atoms in total. The number of nitrogens with zero attached hydrogens (tertiary/aromatic N) is 2. The van der Waals surface area contributed by atoms with E-state index in [0.29, 0.717) is 24.1 Å².